The summed E-state index contributed by atoms with van der Waals surface area (Å²) >= 11 is 0. The molecule has 6 atom stereocenters. The summed E-state index contributed by atoms with van der Waals surface area (Å²) in [6, 6.07) is 0.580. The van der Waals surface area contributed by atoms with E-state index in [1.54, 1.807) is 0 Å². The molecule has 23 heavy (non-hydrogen) atoms. The molecule has 4 heteroatoms. The Morgan fingerprint density at radius 1 is 1.22 bits per heavy atom. The third kappa shape index (κ3) is 4.01. The Balaban J connectivity index is 1.40. The highest BCUT2D eigenvalue weighted by molar-refractivity contribution is 5.81. The van der Waals surface area contributed by atoms with Gasteiger partial charge in [-0.15, -0.1) is 0 Å². The van der Waals surface area contributed by atoms with Gasteiger partial charge in [0.2, 0.25) is 5.90 Å². The van der Waals surface area contributed by atoms with E-state index in [4.69, 9.17) is 9.57 Å². The van der Waals surface area contributed by atoms with Gasteiger partial charge in [-0.05, 0) is 37.1 Å². The standard InChI is InChI=1S/C19H34N2O2/c1-4-5-6-7-8-13(2)14(3)9-16-12-22-21-19(23-16)18-15-10-17(18)20-11-15/h13-18,20H,4-12H2,1-3H3. The zero-order chi connectivity index (χ0) is 16.2. The maximum atomic E-state index is 6.22. The Labute approximate surface area is 141 Å². The molecular weight excluding hydrogens is 288 g/mol. The number of rotatable bonds is 9. The molecule has 2 bridgehead atoms. The van der Waals surface area contributed by atoms with Crippen LogP contribution in [-0.2, 0) is 9.57 Å². The summed E-state index contributed by atoms with van der Waals surface area (Å²) in [5.74, 6) is 3.51. The van der Waals surface area contributed by atoms with Crippen molar-refractivity contribution in [2.45, 2.75) is 77.9 Å². The van der Waals surface area contributed by atoms with Gasteiger partial charge in [0.05, 0.1) is 5.92 Å². The molecule has 3 fully saturated rings. The molecule has 4 rings (SSSR count). The van der Waals surface area contributed by atoms with Crippen LogP contribution in [0, 0.1) is 23.7 Å². The number of ether oxygens (including phenoxy) is 1. The average Bonchev–Trinajstić information content (AvgIpc) is 3.16. The number of nitrogens with one attached hydrogen (secondary N) is 1. The molecular formula is C19H34N2O2. The summed E-state index contributed by atoms with van der Waals surface area (Å²) in [7, 11) is 0. The van der Waals surface area contributed by atoms with E-state index in [0.717, 1.165) is 30.7 Å². The molecule has 0 aromatic carbocycles. The second kappa shape index (κ2) is 7.87. The Bertz CT molecular complexity index is 398. The molecule has 4 aliphatic rings. The topological polar surface area (TPSA) is 42.8 Å². The lowest BCUT2D eigenvalue weighted by atomic mass is 9.73. The van der Waals surface area contributed by atoms with E-state index in [2.05, 4.69) is 31.2 Å². The van der Waals surface area contributed by atoms with Gasteiger partial charge in [0.25, 0.3) is 0 Å². The Morgan fingerprint density at radius 3 is 2.78 bits per heavy atom. The van der Waals surface area contributed by atoms with Crippen LogP contribution >= 0.6 is 0 Å². The van der Waals surface area contributed by atoms with Crippen molar-refractivity contribution in [2.75, 3.05) is 13.2 Å². The van der Waals surface area contributed by atoms with E-state index < -0.39 is 0 Å². The first kappa shape index (κ1) is 17.1. The van der Waals surface area contributed by atoms with E-state index in [1.807, 2.05) is 0 Å². The van der Waals surface area contributed by atoms with Gasteiger partial charge in [-0.3, -0.25) is 0 Å². The summed E-state index contributed by atoms with van der Waals surface area (Å²) in [6.07, 6.45) is 9.33. The van der Waals surface area contributed by atoms with Gasteiger partial charge in [0, 0.05) is 6.04 Å². The second-order valence-electron chi connectivity index (χ2n) is 8.04. The molecule has 3 aliphatic heterocycles. The second-order valence-corrected chi connectivity index (χ2v) is 8.04. The predicted octanol–water partition coefficient (Wildman–Crippen LogP) is 3.96. The molecule has 0 amide bonds. The van der Waals surface area contributed by atoms with E-state index in [-0.39, 0.29) is 6.10 Å². The molecule has 4 nitrogen and oxygen atoms in total. The minimum atomic E-state index is 0.190. The minimum absolute atomic E-state index is 0.190. The maximum absolute atomic E-state index is 6.22. The lowest BCUT2D eigenvalue weighted by molar-refractivity contribution is -0.0166. The highest BCUT2D eigenvalue weighted by Gasteiger charge is 2.51. The lowest BCUT2D eigenvalue weighted by Gasteiger charge is -2.37. The van der Waals surface area contributed by atoms with Crippen LogP contribution in [0.1, 0.15) is 65.7 Å². The molecule has 3 heterocycles. The number of nitrogens with zero attached hydrogens (tertiary/aromatic N) is 1. The number of oxime groups is 1. The van der Waals surface area contributed by atoms with Gasteiger partial charge in [0.1, 0.15) is 6.10 Å². The first-order chi connectivity index (χ1) is 11.2. The quantitative estimate of drug-likeness (QED) is 0.654. The fourth-order valence-electron chi connectivity index (χ4n) is 4.34. The van der Waals surface area contributed by atoms with Crippen LogP contribution < -0.4 is 5.32 Å². The lowest BCUT2D eigenvalue weighted by Crippen LogP contribution is -2.46. The van der Waals surface area contributed by atoms with E-state index >= 15 is 0 Å². The molecule has 0 aromatic heterocycles. The SMILES string of the molecule is CCCCCCC(C)C(C)CC1CON=C(C2C3CNC2C3)O1. The highest BCUT2D eigenvalue weighted by atomic mass is 16.7. The van der Waals surface area contributed by atoms with E-state index in [9.17, 15) is 0 Å². The Morgan fingerprint density at radius 2 is 2.09 bits per heavy atom. The third-order valence-electron chi connectivity index (χ3n) is 6.25. The molecule has 0 aromatic rings. The summed E-state index contributed by atoms with van der Waals surface area (Å²) in [4.78, 5) is 5.50. The largest absolute Gasteiger partial charge is 0.471 e. The van der Waals surface area contributed by atoms with Crippen molar-refractivity contribution in [1.82, 2.24) is 5.32 Å². The molecule has 132 valence electrons. The molecule has 1 saturated carbocycles. The Hall–Kier alpha value is -0.770. The fraction of sp³-hybridized carbons (Fsp3) is 0.947. The Kier molecular flexibility index (Phi) is 5.84. The van der Waals surface area contributed by atoms with E-state index in [1.165, 1.54) is 38.5 Å². The van der Waals surface area contributed by atoms with Crippen LogP contribution in [0.25, 0.3) is 0 Å². The van der Waals surface area contributed by atoms with Gasteiger partial charge in [-0.2, -0.15) is 0 Å². The van der Waals surface area contributed by atoms with Gasteiger partial charge >= 0.3 is 0 Å². The van der Waals surface area contributed by atoms with Crippen molar-refractivity contribution in [1.29, 1.82) is 0 Å². The number of hydrogen-bond donors (Lipinski definition) is 1. The smallest absolute Gasteiger partial charge is 0.231 e. The van der Waals surface area contributed by atoms with Crippen LogP contribution in [-0.4, -0.2) is 31.2 Å². The number of hydrogen-bond acceptors (Lipinski definition) is 4. The summed E-state index contributed by atoms with van der Waals surface area (Å²) in [6.45, 7) is 8.77. The molecule has 0 radical (unpaired) electrons. The van der Waals surface area contributed by atoms with E-state index in [0.29, 0.717) is 24.5 Å². The summed E-state index contributed by atoms with van der Waals surface area (Å²) in [5, 5.41) is 7.75. The van der Waals surface area contributed by atoms with Crippen LogP contribution in [0.15, 0.2) is 5.16 Å². The molecule has 1 N–H and O–H groups in total. The fourth-order valence-corrected chi connectivity index (χ4v) is 4.34. The normalized spacial score (nSPS) is 34.8. The highest BCUT2D eigenvalue weighted by Crippen LogP contribution is 2.42. The van der Waals surface area contributed by atoms with Gasteiger partial charge in [0.15, 0.2) is 6.61 Å². The van der Waals surface area contributed by atoms with Gasteiger partial charge < -0.3 is 14.9 Å². The minimum Gasteiger partial charge on any atom is -0.471 e. The van der Waals surface area contributed by atoms with Crippen molar-refractivity contribution in [3.63, 3.8) is 0 Å². The van der Waals surface area contributed by atoms with Gasteiger partial charge in [-0.25, -0.2) is 0 Å². The average molecular weight is 322 g/mol. The number of unbranched alkanes of at least 4 members (excludes halogenated alkanes) is 3. The van der Waals surface area contributed by atoms with Crippen molar-refractivity contribution in [3.05, 3.63) is 0 Å². The van der Waals surface area contributed by atoms with Crippen molar-refractivity contribution in [2.24, 2.45) is 28.8 Å². The maximum Gasteiger partial charge on any atom is 0.231 e. The van der Waals surface area contributed by atoms with Crippen LogP contribution in [0.3, 0.4) is 0 Å². The summed E-state index contributed by atoms with van der Waals surface area (Å²) in [5.41, 5.74) is 0. The molecule has 1 aliphatic carbocycles. The zero-order valence-corrected chi connectivity index (χ0v) is 15.1. The van der Waals surface area contributed by atoms with Crippen LogP contribution in [0.4, 0.5) is 0 Å². The predicted molar refractivity (Wildman–Crippen MR) is 93.4 cm³/mol. The number of fused-ring (bicyclic) bond motifs is 1. The third-order valence-corrected chi connectivity index (χ3v) is 6.25. The van der Waals surface area contributed by atoms with Gasteiger partial charge in [-0.1, -0.05) is 58.0 Å². The van der Waals surface area contributed by atoms with Crippen LogP contribution in [0.5, 0.6) is 0 Å². The monoisotopic (exact) mass is 322 g/mol. The first-order valence-electron chi connectivity index (χ1n) is 9.79. The van der Waals surface area contributed by atoms with Crippen molar-refractivity contribution >= 4 is 5.90 Å². The molecule has 6 unspecified atom stereocenters. The van der Waals surface area contributed by atoms with Crippen molar-refractivity contribution in [3.8, 4) is 0 Å². The molecule has 0 spiro atoms. The summed E-state index contributed by atoms with van der Waals surface area (Å²) < 4.78 is 6.22. The van der Waals surface area contributed by atoms with Crippen LogP contribution in [0.2, 0.25) is 0 Å². The van der Waals surface area contributed by atoms with Crippen molar-refractivity contribution < 1.29 is 9.57 Å². The zero-order valence-electron chi connectivity index (χ0n) is 15.1. The first-order valence-corrected chi connectivity index (χ1v) is 9.79. The molecule has 2 saturated heterocycles.